The average Bonchev–Trinajstić information content (AvgIpc) is 3.34. The number of aryl methyl sites for hydroxylation is 2. The van der Waals surface area contributed by atoms with Crippen molar-refractivity contribution in [3.8, 4) is 5.75 Å². The molecule has 2 heterocycles. The Morgan fingerprint density at radius 3 is 2.82 bits per heavy atom. The van der Waals surface area contributed by atoms with Crippen molar-refractivity contribution in [3.63, 3.8) is 0 Å². The molecule has 4 aromatic rings. The molecule has 2 aromatic carbocycles. The molecule has 8 nitrogen and oxygen atoms in total. The fourth-order valence-corrected chi connectivity index (χ4v) is 2.72. The van der Waals surface area contributed by atoms with E-state index in [0.29, 0.717) is 36.0 Å². The van der Waals surface area contributed by atoms with Crippen LogP contribution in [0.2, 0.25) is 0 Å². The van der Waals surface area contributed by atoms with Gasteiger partial charge in [-0.05, 0) is 48.4 Å². The fourth-order valence-electron chi connectivity index (χ4n) is 2.72. The molecule has 0 saturated carbocycles. The van der Waals surface area contributed by atoms with Crippen LogP contribution in [0.1, 0.15) is 23.7 Å². The zero-order chi connectivity index (χ0) is 19.3. The van der Waals surface area contributed by atoms with Gasteiger partial charge in [-0.15, -0.1) is 0 Å². The highest BCUT2D eigenvalue weighted by Gasteiger charge is 2.07. The summed E-state index contributed by atoms with van der Waals surface area (Å²) in [5.41, 5.74) is 3.28. The fraction of sp³-hybridized carbons (Fsp3) is 0.200. The predicted octanol–water partition coefficient (Wildman–Crippen LogP) is 3.67. The van der Waals surface area contributed by atoms with Crippen LogP contribution in [0.25, 0.3) is 11.1 Å². The third kappa shape index (κ3) is 4.35. The third-order valence-corrected chi connectivity index (χ3v) is 4.11. The number of hydrogen-bond acceptors (Lipinski definition) is 7. The second-order valence-electron chi connectivity index (χ2n) is 6.25. The molecule has 0 saturated heterocycles. The molecule has 0 fully saturated rings. The molecule has 28 heavy (non-hydrogen) atoms. The van der Waals surface area contributed by atoms with Gasteiger partial charge in [0.15, 0.2) is 18.6 Å². The number of nitrogens with one attached hydrogen (secondary N) is 1. The lowest BCUT2D eigenvalue weighted by Gasteiger charge is -2.07. The van der Waals surface area contributed by atoms with Crippen LogP contribution in [0.5, 0.6) is 5.75 Å². The summed E-state index contributed by atoms with van der Waals surface area (Å²) in [6.07, 6.45) is 2.41. The summed E-state index contributed by atoms with van der Waals surface area (Å²) in [4.78, 5) is 20.4. The quantitative estimate of drug-likeness (QED) is 0.523. The lowest BCUT2D eigenvalue weighted by Crippen LogP contribution is -2.12. The van der Waals surface area contributed by atoms with Crippen molar-refractivity contribution < 1.29 is 18.5 Å². The van der Waals surface area contributed by atoms with Gasteiger partial charge in [-0.2, -0.15) is 4.98 Å². The number of hydrogen-bond donors (Lipinski definition) is 1. The van der Waals surface area contributed by atoms with Gasteiger partial charge in [0.25, 0.3) is 0 Å². The molecule has 0 aliphatic rings. The summed E-state index contributed by atoms with van der Waals surface area (Å²) in [5.74, 6) is 1.58. The van der Waals surface area contributed by atoms with Gasteiger partial charge in [0.2, 0.25) is 17.6 Å². The summed E-state index contributed by atoms with van der Waals surface area (Å²) in [6.45, 7) is 1.94. The van der Waals surface area contributed by atoms with E-state index in [2.05, 4.69) is 20.4 Å². The van der Waals surface area contributed by atoms with E-state index in [-0.39, 0.29) is 12.5 Å². The van der Waals surface area contributed by atoms with E-state index in [1.54, 1.807) is 31.2 Å². The number of carbonyl (C=O) groups excluding carboxylic acids is 1. The molecule has 0 radical (unpaired) electrons. The molecule has 0 spiro atoms. The summed E-state index contributed by atoms with van der Waals surface area (Å²) < 4.78 is 15.7. The number of nitrogens with zero attached hydrogens (tertiary/aromatic N) is 3. The first-order chi connectivity index (χ1) is 13.7. The Balaban J connectivity index is 1.26. The Labute approximate surface area is 160 Å². The predicted molar refractivity (Wildman–Crippen MR) is 101 cm³/mol. The van der Waals surface area contributed by atoms with Crippen LogP contribution in [0.3, 0.4) is 0 Å². The number of amides is 1. The minimum atomic E-state index is -0.0591. The minimum Gasteiger partial charge on any atom is -0.485 e. The highest BCUT2D eigenvalue weighted by Crippen LogP contribution is 2.18. The standard InChI is InChI=1S/C20H18N4O4/c1-13-22-19(24-28-13)11-26-16-6-4-15(5-7-16)23-20(25)9-3-14-2-8-18-17(10-14)21-12-27-18/h2,4-8,10,12H,3,9,11H2,1H3,(H,23,25). The zero-order valence-electron chi connectivity index (χ0n) is 15.2. The summed E-state index contributed by atoms with van der Waals surface area (Å²) in [6, 6.07) is 12.9. The van der Waals surface area contributed by atoms with E-state index in [0.717, 1.165) is 16.7 Å². The van der Waals surface area contributed by atoms with Crippen LogP contribution < -0.4 is 10.1 Å². The second kappa shape index (κ2) is 7.91. The number of carbonyl (C=O) groups is 1. The van der Waals surface area contributed by atoms with Crippen LogP contribution in [-0.2, 0) is 17.8 Å². The first-order valence-corrected chi connectivity index (χ1v) is 8.80. The van der Waals surface area contributed by atoms with Crippen molar-refractivity contribution >= 4 is 22.7 Å². The van der Waals surface area contributed by atoms with Crippen molar-refractivity contribution in [1.29, 1.82) is 0 Å². The number of benzene rings is 2. The van der Waals surface area contributed by atoms with Gasteiger partial charge in [-0.25, -0.2) is 4.98 Å². The molecule has 0 bridgehead atoms. The number of rotatable bonds is 7. The summed E-state index contributed by atoms with van der Waals surface area (Å²) in [7, 11) is 0. The van der Waals surface area contributed by atoms with Crippen molar-refractivity contribution in [2.75, 3.05) is 5.32 Å². The second-order valence-corrected chi connectivity index (χ2v) is 6.25. The normalized spacial score (nSPS) is 10.9. The molecular weight excluding hydrogens is 360 g/mol. The molecular formula is C20H18N4O4. The average molecular weight is 378 g/mol. The Morgan fingerprint density at radius 1 is 1.18 bits per heavy atom. The monoisotopic (exact) mass is 378 g/mol. The van der Waals surface area contributed by atoms with E-state index < -0.39 is 0 Å². The Morgan fingerprint density at radius 2 is 2.04 bits per heavy atom. The van der Waals surface area contributed by atoms with Gasteiger partial charge in [0.05, 0.1) is 0 Å². The van der Waals surface area contributed by atoms with Gasteiger partial charge in [-0.1, -0.05) is 11.2 Å². The van der Waals surface area contributed by atoms with E-state index in [1.807, 2.05) is 18.2 Å². The molecule has 1 amide bonds. The summed E-state index contributed by atoms with van der Waals surface area (Å²) in [5, 5.41) is 6.65. The third-order valence-electron chi connectivity index (χ3n) is 4.11. The molecule has 4 rings (SSSR count). The first kappa shape index (κ1) is 17.7. The summed E-state index contributed by atoms with van der Waals surface area (Å²) >= 11 is 0. The molecule has 8 heteroatoms. The lowest BCUT2D eigenvalue weighted by molar-refractivity contribution is -0.116. The maximum atomic E-state index is 12.2. The maximum Gasteiger partial charge on any atom is 0.224 e. The maximum absolute atomic E-state index is 12.2. The van der Waals surface area contributed by atoms with Crippen LogP contribution in [0.15, 0.2) is 57.8 Å². The molecule has 0 unspecified atom stereocenters. The van der Waals surface area contributed by atoms with Gasteiger partial charge in [0.1, 0.15) is 11.3 Å². The molecule has 0 aliphatic carbocycles. The number of aromatic nitrogens is 3. The SMILES string of the molecule is Cc1nc(COc2ccc(NC(=O)CCc3ccc4ocnc4c3)cc2)no1. The van der Waals surface area contributed by atoms with Crippen molar-refractivity contribution in [2.24, 2.45) is 0 Å². The van der Waals surface area contributed by atoms with Crippen LogP contribution in [0, 0.1) is 6.92 Å². The Kier molecular flexibility index (Phi) is 5.01. The van der Waals surface area contributed by atoms with Gasteiger partial charge in [0, 0.05) is 19.0 Å². The molecule has 0 atom stereocenters. The smallest absolute Gasteiger partial charge is 0.224 e. The largest absolute Gasteiger partial charge is 0.485 e. The number of fused-ring (bicyclic) bond motifs is 1. The van der Waals surface area contributed by atoms with E-state index >= 15 is 0 Å². The van der Waals surface area contributed by atoms with E-state index in [9.17, 15) is 4.79 Å². The van der Waals surface area contributed by atoms with Crippen LogP contribution in [0.4, 0.5) is 5.69 Å². The molecule has 2 aromatic heterocycles. The van der Waals surface area contributed by atoms with Crippen LogP contribution >= 0.6 is 0 Å². The lowest BCUT2D eigenvalue weighted by atomic mass is 10.1. The number of anilines is 1. The van der Waals surface area contributed by atoms with Crippen molar-refractivity contribution in [1.82, 2.24) is 15.1 Å². The van der Waals surface area contributed by atoms with Gasteiger partial charge < -0.3 is 19.0 Å². The number of ether oxygens (including phenoxy) is 1. The zero-order valence-corrected chi connectivity index (χ0v) is 15.2. The van der Waals surface area contributed by atoms with E-state index in [1.165, 1.54) is 6.39 Å². The Hall–Kier alpha value is -3.68. The van der Waals surface area contributed by atoms with Gasteiger partial charge >= 0.3 is 0 Å². The van der Waals surface area contributed by atoms with Crippen molar-refractivity contribution in [3.05, 3.63) is 66.1 Å². The van der Waals surface area contributed by atoms with E-state index in [4.69, 9.17) is 13.7 Å². The minimum absolute atomic E-state index is 0.0591. The highest BCUT2D eigenvalue weighted by atomic mass is 16.5. The Bertz CT molecular complexity index is 1080. The molecule has 142 valence electrons. The van der Waals surface area contributed by atoms with Crippen LogP contribution in [-0.4, -0.2) is 21.0 Å². The van der Waals surface area contributed by atoms with Gasteiger partial charge in [-0.3, -0.25) is 4.79 Å². The topological polar surface area (TPSA) is 103 Å². The first-order valence-electron chi connectivity index (χ1n) is 8.80. The van der Waals surface area contributed by atoms with Crippen molar-refractivity contribution in [2.45, 2.75) is 26.4 Å². The number of oxazole rings is 1. The highest BCUT2D eigenvalue weighted by molar-refractivity contribution is 5.90. The molecule has 0 aliphatic heterocycles. The molecule has 1 N–H and O–H groups in total.